The third kappa shape index (κ3) is 3.81. The third-order valence-electron chi connectivity index (χ3n) is 2.45. The van der Waals surface area contributed by atoms with Crippen LogP contribution in [0.3, 0.4) is 0 Å². The largest absolute Gasteiger partial charge is 0.496 e. The number of ether oxygens (including phenoxy) is 1. The molecule has 0 saturated carbocycles. The highest BCUT2D eigenvalue weighted by Crippen LogP contribution is 2.18. The fourth-order valence-electron chi connectivity index (χ4n) is 1.67. The second kappa shape index (κ2) is 7.22. The normalized spacial score (nSPS) is 10.8. The molecule has 0 heterocycles. The van der Waals surface area contributed by atoms with E-state index in [0.717, 1.165) is 24.4 Å². The fourth-order valence-corrected chi connectivity index (χ4v) is 1.67. The smallest absolute Gasteiger partial charge is 0.123 e. The van der Waals surface area contributed by atoms with E-state index in [1.807, 2.05) is 24.3 Å². The van der Waals surface area contributed by atoms with Crippen molar-refractivity contribution in [1.82, 2.24) is 4.90 Å². The van der Waals surface area contributed by atoms with Gasteiger partial charge in [0.25, 0.3) is 0 Å². The lowest BCUT2D eigenvalue weighted by Crippen LogP contribution is -2.31. The van der Waals surface area contributed by atoms with Crippen LogP contribution >= 0.6 is 0 Å². The molecule has 0 aromatic heterocycles. The van der Waals surface area contributed by atoms with Crippen molar-refractivity contribution in [3.05, 3.63) is 29.8 Å². The summed E-state index contributed by atoms with van der Waals surface area (Å²) in [6, 6.07) is 7.90. The van der Waals surface area contributed by atoms with Crippen LogP contribution in [-0.4, -0.2) is 43.4 Å². The first-order chi connectivity index (χ1) is 7.81. The second-order valence-corrected chi connectivity index (χ2v) is 3.60. The van der Waals surface area contributed by atoms with E-state index in [9.17, 15) is 0 Å². The SMILES string of the molecule is COc1ccccc1CN(CCN)CCO. The van der Waals surface area contributed by atoms with E-state index >= 15 is 0 Å². The van der Waals surface area contributed by atoms with Crippen LogP contribution < -0.4 is 10.5 Å². The molecule has 0 fully saturated rings. The summed E-state index contributed by atoms with van der Waals surface area (Å²) >= 11 is 0. The molecule has 1 aromatic rings. The number of aliphatic hydroxyl groups excluding tert-OH is 1. The summed E-state index contributed by atoms with van der Waals surface area (Å²) in [7, 11) is 1.66. The molecule has 0 unspecified atom stereocenters. The summed E-state index contributed by atoms with van der Waals surface area (Å²) in [6.45, 7) is 2.90. The number of nitrogens with zero attached hydrogens (tertiary/aromatic N) is 1. The van der Waals surface area contributed by atoms with E-state index in [1.54, 1.807) is 7.11 Å². The Hall–Kier alpha value is -1.10. The van der Waals surface area contributed by atoms with Crippen molar-refractivity contribution in [3.63, 3.8) is 0 Å². The molecule has 90 valence electrons. The standard InChI is InChI=1S/C12H20N2O2/c1-16-12-5-3-2-4-11(12)10-14(7-6-13)8-9-15/h2-5,15H,6-10,13H2,1H3. The van der Waals surface area contributed by atoms with Gasteiger partial charge in [0.1, 0.15) is 5.75 Å². The van der Waals surface area contributed by atoms with Gasteiger partial charge in [0.15, 0.2) is 0 Å². The molecule has 0 spiro atoms. The van der Waals surface area contributed by atoms with E-state index in [2.05, 4.69) is 4.90 Å². The van der Waals surface area contributed by atoms with Crippen LogP contribution in [0.5, 0.6) is 5.75 Å². The van der Waals surface area contributed by atoms with Gasteiger partial charge in [-0.2, -0.15) is 0 Å². The van der Waals surface area contributed by atoms with Crippen LogP contribution in [0.1, 0.15) is 5.56 Å². The van der Waals surface area contributed by atoms with Crippen LogP contribution in [0.4, 0.5) is 0 Å². The number of benzene rings is 1. The molecule has 0 aliphatic heterocycles. The molecule has 1 aromatic carbocycles. The van der Waals surface area contributed by atoms with Crippen molar-refractivity contribution in [2.75, 3.05) is 33.4 Å². The highest BCUT2D eigenvalue weighted by molar-refractivity contribution is 5.33. The first-order valence-electron chi connectivity index (χ1n) is 5.47. The number of hydrogen-bond acceptors (Lipinski definition) is 4. The minimum Gasteiger partial charge on any atom is -0.496 e. The van der Waals surface area contributed by atoms with Gasteiger partial charge in [-0.1, -0.05) is 18.2 Å². The maximum Gasteiger partial charge on any atom is 0.123 e. The van der Waals surface area contributed by atoms with Gasteiger partial charge in [0.05, 0.1) is 13.7 Å². The van der Waals surface area contributed by atoms with Crippen molar-refractivity contribution in [1.29, 1.82) is 0 Å². The molecular weight excluding hydrogens is 204 g/mol. The van der Waals surface area contributed by atoms with Gasteiger partial charge >= 0.3 is 0 Å². The number of hydrogen-bond donors (Lipinski definition) is 2. The summed E-state index contributed by atoms with van der Waals surface area (Å²) in [5.41, 5.74) is 6.65. The lowest BCUT2D eigenvalue weighted by atomic mass is 10.2. The van der Waals surface area contributed by atoms with Crippen LogP contribution in [0.2, 0.25) is 0 Å². The second-order valence-electron chi connectivity index (χ2n) is 3.60. The quantitative estimate of drug-likeness (QED) is 0.706. The van der Waals surface area contributed by atoms with E-state index in [4.69, 9.17) is 15.6 Å². The average molecular weight is 224 g/mol. The Morgan fingerprint density at radius 1 is 1.31 bits per heavy atom. The zero-order chi connectivity index (χ0) is 11.8. The molecule has 4 nitrogen and oxygen atoms in total. The maximum atomic E-state index is 8.95. The predicted molar refractivity (Wildman–Crippen MR) is 64.4 cm³/mol. The van der Waals surface area contributed by atoms with Gasteiger partial charge in [0.2, 0.25) is 0 Å². The van der Waals surface area contributed by atoms with Crippen molar-refractivity contribution in [2.24, 2.45) is 5.73 Å². The number of aliphatic hydroxyl groups is 1. The Labute approximate surface area is 96.6 Å². The van der Waals surface area contributed by atoms with Crippen LogP contribution in [-0.2, 0) is 6.54 Å². The summed E-state index contributed by atoms with van der Waals surface area (Å²) in [6.07, 6.45) is 0. The van der Waals surface area contributed by atoms with Crippen LogP contribution in [0.15, 0.2) is 24.3 Å². The van der Waals surface area contributed by atoms with Crippen LogP contribution in [0.25, 0.3) is 0 Å². The van der Waals surface area contributed by atoms with Gasteiger partial charge in [-0.25, -0.2) is 0 Å². The molecule has 4 heteroatoms. The van der Waals surface area contributed by atoms with Crippen molar-refractivity contribution in [2.45, 2.75) is 6.54 Å². The van der Waals surface area contributed by atoms with Gasteiger partial charge < -0.3 is 15.6 Å². The molecule has 0 saturated heterocycles. The van der Waals surface area contributed by atoms with E-state index in [1.165, 1.54) is 0 Å². The molecule has 0 aliphatic carbocycles. The van der Waals surface area contributed by atoms with Gasteiger partial charge in [0, 0.05) is 31.7 Å². The molecule has 0 aliphatic rings. The van der Waals surface area contributed by atoms with Crippen LogP contribution in [0, 0.1) is 0 Å². The first kappa shape index (κ1) is 13.0. The Kier molecular flexibility index (Phi) is 5.85. The molecule has 0 bridgehead atoms. The van der Waals surface area contributed by atoms with Gasteiger partial charge in [-0.05, 0) is 6.07 Å². The van der Waals surface area contributed by atoms with Gasteiger partial charge in [-0.15, -0.1) is 0 Å². The molecule has 0 radical (unpaired) electrons. The average Bonchev–Trinajstić information content (AvgIpc) is 2.30. The highest BCUT2D eigenvalue weighted by Gasteiger charge is 2.07. The molecular formula is C12H20N2O2. The molecule has 1 rings (SSSR count). The number of methoxy groups -OCH3 is 1. The molecule has 0 amide bonds. The van der Waals surface area contributed by atoms with E-state index < -0.39 is 0 Å². The molecule has 16 heavy (non-hydrogen) atoms. The lowest BCUT2D eigenvalue weighted by Gasteiger charge is -2.21. The maximum absolute atomic E-state index is 8.95. The molecule has 0 atom stereocenters. The van der Waals surface area contributed by atoms with E-state index in [0.29, 0.717) is 13.1 Å². The predicted octanol–water partition coefficient (Wildman–Crippen LogP) is 0.448. The minimum atomic E-state index is 0.148. The minimum absolute atomic E-state index is 0.148. The zero-order valence-corrected chi connectivity index (χ0v) is 9.72. The zero-order valence-electron chi connectivity index (χ0n) is 9.72. The van der Waals surface area contributed by atoms with Crippen molar-refractivity contribution in [3.8, 4) is 5.75 Å². The topological polar surface area (TPSA) is 58.7 Å². The number of para-hydroxylation sites is 1. The fraction of sp³-hybridized carbons (Fsp3) is 0.500. The van der Waals surface area contributed by atoms with Crippen molar-refractivity contribution >= 4 is 0 Å². The Balaban J connectivity index is 2.67. The summed E-state index contributed by atoms with van der Waals surface area (Å²) in [5, 5.41) is 8.95. The Morgan fingerprint density at radius 3 is 2.69 bits per heavy atom. The highest BCUT2D eigenvalue weighted by atomic mass is 16.5. The third-order valence-corrected chi connectivity index (χ3v) is 2.45. The van der Waals surface area contributed by atoms with Gasteiger partial charge in [-0.3, -0.25) is 4.90 Å². The number of nitrogens with two attached hydrogens (primary N) is 1. The van der Waals surface area contributed by atoms with Crippen molar-refractivity contribution < 1.29 is 9.84 Å². The Morgan fingerprint density at radius 2 is 2.06 bits per heavy atom. The summed E-state index contributed by atoms with van der Waals surface area (Å²) in [5.74, 6) is 0.877. The number of rotatable bonds is 7. The lowest BCUT2D eigenvalue weighted by molar-refractivity contribution is 0.192. The monoisotopic (exact) mass is 224 g/mol. The first-order valence-corrected chi connectivity index (χ1v) is 5.47. The summed E-state index contributed by atoms with van der Waals surface area (Å²) in [4.78, 5) is 2.11. The Bertz CT molecular complexity index is 299. The summed E-state index contributed by atoms with van der Waals surface area (Å²) < 4.78 is 5.28. The molecule has 3 N–H and O–H groups in total. The van der Waals surface area contributed by atoms with E-state index in [-0.39, 0.29) is 6.61 Å².